The molecule has 35 heavy (non-hydrogen) atoms. The van der Waals surface area contributed by atoms with Crippen molar-refractivity contribution in [3.8, 4) is 5.75 Å². The highest BCUT2D eigenvalue weighted by Crippen LogP contribution is 2.70. The Labute approximate surface area is 207 Å². The van der Waals surface area contributed by atoms with Crippen LogP contribution in [0, 0.1) is 11.3 Å². The first-order valence-electron chi connectivity index (χ1n) is 12.3. The zero-order chi connectivity index (χ0) is 27.9. The van der Waals surface area contributed by atoms with Gasteiger partial charge in [0, 0.05) is 42.5 Å². The van der Waals surface area contributed by atoms with Gasteiger partial charge in [0.1, 0.15) is 23.1 Å². The number of amides is 2. The van der Waals surface area contributed by atoms with Crippen molar-refractivity contribution in [2.75, 3.05) is 37.6 Å². The molecule has 0 bridgehead atoms. The molecule has 1 spiro atoms. The maximum atomic E-state index is 12.7. The number of methoxy groups -OCH3 is 1. The first-order valence-corrected chi connectivity index (χ1v) is 12.7. The molecule has 2 heterocycles. The highest BCUT2D eigenvalue weighted by atomic mass is 32.2. The molecular weight excluding hydrogens is 476 g/mol. The van der Waals surface area contributed by atoms with Crippen LogP contribution in [0.2, 0.25) is 0 Å². The highest BCUT2D eigenvalue weighted by Gasteiger charge is 2.65. The van der Waals surface area contributed by atoms with E-state index in [1.54, 1.807) is 6.92 Å². The first kappa shape index (κ1) is 21.0. The number of sulfone groups is 1. The van der Waals surface area contributed by atoms with Crippen molar-refractivity contribution >= 4 is 39.0 Å². The van der Waals surface area contributed by atoms with Crippen molar-refractivity contribution in [2.45, 2.75) is 37.2 Å². The molecule has 2 atom stereocenters. The molecule has 13 heteroatoms. The Kier molecular flexibility index (Phi) is 5.63. The number of nitrogens with one attached hydrogen (secondary N) is 3. The molecule has 2 saturated carbocycles. The topological polar surface area (TPSA) is 162 Å². The van der Waals surface area contributed by atoms with Crippen molar-refractivity contribution < 1.29 is 31.6 Å². The van der Waals surface area contributed by atoms with Crippen LogP contribution in [-0.4, -0.2) is 68.5 Å². The minimum absolute atomic E-state index is 0.0000426. The second-order valence-corrected chi connectivity index (χ2v) is 10.8. The van der Waals surface area contributed by atoms with Crippen LogP contribution in [0.25, 0.3) is 0 Å². The van der Waals surface area contributed by atoms with Crippen molar-refractivity contribution in [3.05, 3.63) is 24.0 Å². The molecule has 0 aromatic carbocycles. The zero-order valence-electron chi connectivity index (χ0n) is 22.4. The van der Waals surface area contributed by atoms with Gasteiger partial charge in [-0.2, -0.15) is 0 Å². The monoisotopic (exact) mass is 507 g/mol. The van der Waals surface area contributed by atoms with E-state index in [0.717, 1.165) is 25.5 Å². The molecule has 2 aliphatic rings. The fourth-order valence-electron chi connectivity index (χ4n) is 3.71. The molecule has 2 amide bonds. The SMILES string of the molecule is [2H]C([2H])([2H])NC(=O)c1nnc(NC(=O)[C@H]2CC23CC3)cc1Nc1ncc(OC[C@@H](C)OC)cc1S(C)(=O)=O. The first-order chi connectivity index (χ1) is 17.7. The van der Waals surface area contributed by atoms with Crippen LogP contribution < -0.4 is 20.7 Å². The Morgan fingerprint density at radius 1 is 1.31 bits per heavy atom. The summed E-state index contributed by atoms with van der Waals surface area (Å²) in [5.74, 6) is -1.45. The number of carbonyl (C=O) groups excluding carboxylic acids is 2. The van der Waals surface area contributed by atoms with Crippen LogP contribution in [0.1, 0.15) is 40.8 Å². The summed E-state index contributed by atoms with van der Waals surface area (Å²) in [7, 11) is -2.34. The van der Waals surface area contributed by atoms with Crippen LogP contribution in [0.15, 0.2) is 23.2 Å². The number of nitrogens with zero attached hydrogens (tertiary/aromatic N) is 3. The van der Waals surface area contributed by atoms with E-state index in [1.807, 2.05) is 5.32 Å². The average molecular weight is 508 g/mol. The third-order valence-corrected chi connectivity index (χ3v) is 7.25. The van der Waals surface area contributed by atoms with Gasteiger partial charge in [0.2, 0.25) is 5.91 Å². The number of pyridine rings is 1. The van der Waals surface area contributed by atoms with E-state index < -0.39 is 28.4 Å². The summed E-state index contributed by atoms with van der Waals surface area (Å²) in [5.41, 5.74) is -0.468. The lowest BCUT2D eigenvalue weighted by Crippen LogP contribution is -2.23. The Hall–Kier alpha value is -3.32. The maximum Gasteiger partial charge on any atom is 0.273 e. The van der Waals surface area contributed by atoms with E-state index in [2.05, 4.69) is 25.8 Å². The van der Waals surface area contributed by atoms with E-state index in [4.69, 9.17) is 13.6 Å². The largest absolute Gasteiger partial charge is 0.489 e. The molecule has 0 radical (unpaired) electrons. The van der Waals surface area contributed by atoms with E-state index >= 15 is 0 Å². The van der Waals surface area contributed by atoms with Crippen LogP contribution >= 0.6 is 0 Å². The second kappa shape index (κ2) is 9.38. The van der Waals surface area contributed by atoms with Gasteiger partial charge in [-0.15, -0.1) is 10.2 Å². The summed E-state index contributed by atoms with van der Waals surface area (Å²) in [6.45, 7) is -0.900. The lowest BCUT2D eigenvalue weighted by atomic mass is 10.2. The van der Waals surface area contributed by atoms with Crippen molar-refractivity contribution in [2.24, 2.45) is 11.3 Å². The zero-order valence-corrected chi connectivity index (χ0v) is 20.2. The third-order valence-electron chi connectivity index (χ3n) is 6.14. The lowest BCUT2D eigenvalue weighted by molar-refractivity contribution is -0.117. The summed E-state index contributed by atoms with van der Waals surface area (Å²) in [5, 5.41) is 14.9. The minimum atomic E-state index is -3.85. The van der Waals surface area contributed by atoms with Gasteiger partial charge in [-0.1, -0.05) is 0 Å². The number of anilines is 3. The van der Waals surface area contributed by atoms with Crippen molar-refractivity contribution in [1.82, 2.24) is 20.5 Å². The van der Waals surface area contributed by atoms with Gasteiger partial charge in [-0.3, -0.25) is 9.59 Å². The normalized spacial score (nSPS) is 20.1. The van der Waals surface area contributed by atoms with Crippen LogP contribution in [0.5, 0.6) is 5.75 Å². The molecular formula is C22H28N6O6S. The number of carbonyl (C=O) groups is 2. The van der Waals surface area contributed by atoms with Crippen LogP contribution in [0.4, 0.5) is 17.3 Å². The number of hydrogen-bond acceptors (Lipinski definition) is 10. The van der Waals surface area contributed by atoms with Gasteiger partial charge in [0.05, 0.1) is 18.0 Å². The molecule has 188 valence electrons. The number of rotatable bonds is 10. The van der Waals surface area contributed by atoms with Crippen molar-refractivity contribution in [3.63, 3.8) is 0 Å². The van der Waals surface area contributed by atoms with E-state index in [1.165, 1.54) is 25.4 Å². The summed E-state index contributed by atoms with van der Waals surface area (Å²) in [6, 6.07) is 2.52. The van der Waals surface area contributed by atoms with Gasteiger partial charge >= 0.3 is 0 Å². The number of aromatic nitrogens is 3. The molecule has 4 rings (SSSR count). The summed E-state index contributed by atoms with van der Waals surface area (Å²) >= 11 is 0. The number of ether oxygens (including phenoxy) is 2. The molecule has 2 fully saturated rings. The van der Waals surface area contributed by atoms with E-state index in [0.29, 0.717) is 0 Å². The molecule has 2 aliphatic carbocycles. The van der Waals surface area contributed by atoms with E-state index in [9.17, 15) is 18.0 Å². The Morgan fingerprint density at radius 2 is 2.09 bits per heavy atom. The smallest absolute Gasteiger partial charge is 0.273 e. The standard InChI is InChI=1S/C22H28N6O6S/c1-12(33-3)11-34-13-7-16(35(4,31)32)19(24-10-13)25-15-8-17(27-28-18(15)21(30)23-2)26-20(29)14-9-22(14)5-6-22/h7-8,10,12,14H,5-6,9,11H2,1-4H3,(H,23,30)(H2,24,25,26,27,29)/t12-,14-/m1/s1/i2D3. The molecule has 2 aromatic heterocycles. The Balaban J connectivity index is 1.65. The molecule has 0 aliphatic heterocycles. The Bertz CT molecular complexity index is 1370. The van der Waals surface area contributed by atoms with Crippen molar-refractivity contribution in [1.29, 1.82) is 0 Å². The van der Waals surface area contributed by atoms with Gasteiger partial charge in [0.25, 0.3) is 5.91 Å². The molecule has 0 unspecified atom stereocenters. The van der Waals surface area contributed by atoms with Gasteiger partial charge in [-0.25, -0.2) is 13.4 Å². The molecule has 0 saturated heterocycles. The fourth-order valence-corrected chi connectivity index (χ4v) is 4.50. The second-order valence-electron chi connectivity index (χ2n) is 8.83. The Morgan fingerprint density at radius 3 is 2.71 bits per heavy atom. The van der Waals surface area contributed by atoms with E-state index in [-0.39, 0.29) is 57.9 Å². The summed E-state index contributed by atoms with van der Waals surface area (Å²) in [6.07, 6.45) is 4.80. The fraction of sp³-hybridized carbons (Fsp3) is 0.500. The quantitative estimate of drug-likeness (QED) is 0.430. The molecule has 12 nitrogen and oxygen atoms in total. The maximum absolute atomic E-state index is 12.7. The lowest BCUT2D eigenvalue weighted by Gasteiger charge is -2.15. The van der Waals surface area contributed by atoms with Gasteiger partial charge < -0.3 is 25.4 Å². The molecule has 2 aromatic rings. The van der Waals surface area contributed by atoms with Gasteiger partial charge in [-0.05, 0) is 31.6 Å². The summed E-state index contributed by atoms with van der Waals surface area (Å²) < 4.78 is 57.7. The van der Waals surface area contributed by atoms with Crippen LogP contribution in [0.3, 0.4) is 0 Å². The summed E-state index contributed by atoms with van der Waals surface area (Å²) in [4.78, 5) is 29.1. The number of hydrogen-bond donors (Lipinski definition) is 3. The predicted molar refractivity (Wildman–Crippen MR) is 126 cm³/mol. The minimum Gasteiger partial charge on any atom is -0.489 e. The molecule has 3 N–H and O–H groups in total. The predicted octanol–water partition coefficient (Wildman–Crippen LogP) is 1.53. The van der Waals surface area contributed by atoms with Gasteiger partial charge in [0.15, 0.2) is 21.3 Å². The third kappa shape index (κ3) is 5.51. The highest BCUT2D eigenvalue weighted by molar-refractivity contribution is 7.90. The average Bonchev–Trinajstić information content (AvgIpc) is 3.75. The van der Waals surface area contributed by atoms with Crippen LogP contribution in [-0.2, 0) is 19.4 Å².